The number of hydrogen-bond donors (Lipinski definition) is 1. The summed E-state index contributed by atoms with van der Waals surface area (Å²) < 4.78 is 10.5. The molecule has 0 saturated heterocycles. The van der Waals surface area contributed by atoms with Crippen molar-refractivity contribution in [2.24, 2.45) is 0 Å². The molecule has 116 valence electrons. The average molecular weight is 317 g/mol. The van der Waals surface area contributed by atoms with Crippen LogP contribution in [-0.2, 0) is 0 Å². The van der Waals surface area contributed by atoms with Crippen LogP contribution in [0.3, 0.4) is 0 Å². The summed E-state index contributed by atoms with van der Waals surface area (Å²) in [6.07, 6.45) is 0. The van der Waals surface area contributed by atoms with Gasteiger partial charge in [0.2, 0.25) is 0 Å². The van der Waals surface area contributed by atoms with Gasteiger partial charge in [0.15, 0.2) is 11.5 Å². The Balaban J connectivity index is 1.80. The fourth-order valence-corrected chi connectivity index (χ4v) is 2.73. The number of carbonyl (C=O) groups is 1. The molecule has 0 atom stereocenters. The summed E-state index contributed by atoms with van der Waals surface area (Å²) in [4.78, 5) is 13.0. The van der Waals surface area contributed by atoms with E-state index in [1.807, 2.05) is 36.4 Å². The zero-order chi connectivity index (χ0) is 15.8. The fourth-order valence-electron chi connectivity index (χ4n) is 1.93. The van der Waals surface area contributed by atoms with Gasteiger partial charge in [-0.1, -0.05) is 18.2 Å². The van der Waals surface area contributed by atoms with Gasteiger partial charge in [-0.05, 0) is 30.3 Å². The topological polar surface area (TPSA) is 47.6 Å². The van der Waals surface area contributed by atoms with E-state index < -0.39 is 0 Å². The Kier molecular flexibility index (Phi) is 6.15. The molecule has 2 rings (SSSR count). The number of methoxy groups -OCH3 is 2. The quantitative estimate of drug-likeness (QED) is 0.629. The first-order valence-corrected chi connectivity index (χ1v) is 7.91. The summed E-state index contributed by atoms with van der Waals surface area (Å²) in [5.41, 5.74) is 0.679. The number of carbonyl (C=O) groups excluding carboxylic acids is 1. The van der Waals surface area contributed by atoms with Crippen LogP contribution in [0.1, 0.15) is 10.4 Å². The lowest BCUT2D eigenvalue weighted by Gasteiger charge is -2.09. The van der Waals surface area contributed by atoms with E-state index in [-0.39, 0.29) is 5.91 Å². The van der Waals surface area contributed by atoms with Gasteiger partial charge in [0, 0.05) is 22.8 Å². The van der Waals surface area contributed by atoms with E-state index in [2.05, 4.69) is 5.32 Å². The van der Waals surface area contributed by atoms with E-state index in [1.165, 1.54) is 0 Å². The van der Waals surface area contributed by atoms with E-state index in [0.29, 0.717) is 23.6 Å². The highest BCUT2D eigenvalue weighted by molar-refractivity contribution is 7.99. The molecule has 1 N–H and O–H groups in total. The monoisotopic (exact) mass is 317 g/mol. The van der Waals surface area contributed by atoms with Crippen molar-refractivity contribution in [2.45, 2.75) is 4.90 Å². The molecule has 0 aromatic heterocycles. The van der Waals surface area contributed by atoms with Crippen LogP contribution in [0.5, 0.6) is 11.5 Å². The van der Waals surface area contributed by atoms with Gasteiger partial charge in [-0.3, -0.25) is 4.79 Å². The van der Waals surface area contributed by atoms with Gasteiger partial charge >= 0.3 is 0 Å². The Morgan fingerprint density at radius 2 is 1.77 bits per heavy atom. The minimum absolute atomic E-state index is 0.0477. The summed E-state index contributed by atoms with van der Waals surface area (Å²) >= 11 is 1.66. The SMILES string of the molecule is COc1ccc(SCCNC(=O)c2ccccc2)cc1OC. The molecule has 0 spiro atoms. The van der Waals surface area contributed by atoms with Gasteiger partial charge in [-0.2, -0.15) is 0 Å². The van der Waals surface area contributed by atoms with Gasteiger partial charge < -0.3 is 14.8 Å². The minimum atomic E-state index is -0.0477. The molecule has 0 bridgehead atoms. The molecular formula is C17H19NO3S. The van der Waals surface area contributed by atoms with Crippen molar-refractivity contribution >= 4 is 17.7 Å². The highest BCUT2D eigenvalue weighted by atomic mass is 32.2. The third kappa shape index (κ3) is 4.43. The number of ether oxygens (including phenoxy) is 2. The van der Waals surface area contributed by atoms with Crippen LogP contribution in [0.2, 0.25) is 0 Å². The van der Waals surface area contributed by atoms with Crippen LogP contribution in [0.15, 0.2) is 53.4 Å². The van der Waals surface area contributed by atoms with Crippen molar-refractivity contribution in [2.75, 3.05) is 26.5 Å². The predicted octanol–water partition coefficient (Wildman–Crippen LogP) is 3.23. The maximum atomic E-state index is 11.9. The molecule has 0 aliphatic heterocycles. The van der Waals surface area contributed by atoms with Crippen molar-refractivity contribution in [1.29, 1.82) is 0 Å². The zero-order valence-corrected chi connectivity index (χ0v) is 13.5. The Labute approximate surface area is 134 Å². The summed E-state index contributed by atoms with van der Waals surface area (Å²) in [5.74, 6) is 2.16. The molecule has 0 aliphatic carbocycles. The van der Waals surface area contributed by atoms with Crippen molar-refractivity contribution in [1.82, 2.24) is 5.32 Å². The second-order valence-electron chi connectivity index (χ2n) is 4.49. The Morgan fingerprint density at radius 3 is 2.45 bits per heavy atom. The Morgan fingerprint density at radius 1 is 1.05 bits per heavy atom. The van der Waals surface area contributed by atoms with E-state index in [1.54, 1.807) is 38.1 Å². The third-order valence-corrected chi connectivity index (χ3v) is 4.04. The first-order valence-electron chi connectivity index (χ1n) is 6.92. The molecule has 0 heterocycles. The summed E-state index contributed by atoms with van der Waals surface area (Å²) in [7, 11) is 3.23. The number of thioether (sulfide) groups is 1. The molecular weight excluding hydrogens is 298 g/mol. The van der Waals surface area contributed by atoms with Crippen molar-refractivity contribution in [3.8, 4) is 11.5 Å². The molecule has 4 nitrogen and oxygen atoms in total. The summed E-state index contributed by atoms with van der Waals surface area (Å²) in [6.45, 7) is 0.604. The van der Waals surface area contributed by atoms with Gasteiger partial charge in [0.05, 0.1) is 14.2 Å². The molecule has 22 heavy (non-hydrogen) atoms. The highest BCUT2D eigenvalue weighted by Crippen LogP contribution is 2.31. The maximum absolute atomic E-state index is 11.9. The van der Waals surface area contributed by atoms with Gasteiger partial charge in [-0.25, -0.2) is 0 Å². The summed E-state index contributed by atoms with van der Waals surface area (Å²) in [5, 5.41) is 2.90. The lowest BCUT2D eigenvalue weighted by Crippen LogP contribution is -2.25. The van der Waals surface area contributed by atoms with Crippen LogP contribution in [-0.4, -0.2) is 32.4 Å². The Bertz CT molecular complexity index is 617. The predicted molar refractivity (Wildman–Crippen MR) is 89.0 cm³/mol. The molecule has 0 fully saturated rings. The van der Waals surface area contributed by atoms with Crippen LogP contribution in [0, 0.1) is 0 Å². The lowest BCUT2D eigenvalue weighted by molar-refractivity contribution is 0.0956. The third-order valence-electron chi connectivity index (χ3n) is 3.05. The van der Waals surface area contributed by atoms with E-state index in [9.17, 15) is 4.79 Å². The first kappa shape index (κ1) is 16.2. The first-order chi connectivity index (χ1) is 10.7. The van der Waals surface area contributed by atoms with Gasteiger partial charge in [0.1, 0.15) is 0 Å². The van der Waals surface area contributed by atoms with Crippen LogP contribution < -0.4 is 14.8 Å². The number of hydrogen-bond acceptors (Lipinski definition) is 4. The number of rotatable bonds is 7. The van der Waals surface area contributed by atoms with Crippen molar-refractivity contribution in [3.63, 3.8) is 0 Å². The van der Waals surface area contributed by atoms with E-state index in [4.69, 9.17) is 9.47 Å². The Hall–Kier alpha value is -2.14. The molecule has 2 aromatic carbocycles. The molecule has 0 aliphatic rings. The second-order valence-corrected chi connectivity index (χ2v) is 5.66. The maximum Gasteiger partial charge on any atom is 0.251 e. The largest absolute Gasteiger partial charge is 0.493 e. The van der Waals surface area contributed by atoms with Crippen molar-refractivity contribution in [3.05, 3.63) is 54.1 Å². The lowest BCUT2D eigenvalue weighted by atomic mass is 10.2. The zero-order valence-electron chi connectivity index (χ0n) is 12.7. The minimum Gasteiger partial charge on any atom is -0.493 e. The average Bonchev–Trinajstić information content (AvgIpc) is 2.59. The van der Waals surface area contributed by atoms with Crippen LogP contribution in [0.25, 0.3) is 0 Å². The molecule has 5 heteroatoms. The highest BCUT2D eigenvalue weighted by Gasteiger charge is 2.06. The molecule has 0 unspecified atom stereocenters. The molecule has 0 saturated carbocycles. The normalized spacial score (nSPS) is 10.1. The standard InChI is InChI=1S/C17H19NO3S/c1-20-15-9-8-14(12-16(15)21-2)22-11-10-18-17(19)13-6-4-3-5-7-13/h3-9,12H,10-11H2,1-2H3,(H,18,19). The molecule has 2 aromatic rings. The van der Waals surface area contributed by atoms with Crippen LogP contribution >= 0.6 is 11.8 Å². The molecule has 1 amide bonds. The number of amides is 1. The smallest absolute Gasteiger partial charge is 0.251 e. The number of benzene rings is 2. The van der Waals surface area contributed by atoms with Crippen molar-refractivity contribution < 1.29 is 14.3 Å². The van der Waals surface area contributed by atoms with Gasteiger partial charge in [0.25, 0.3) is 5.91 Å². The fraction of sp³-hybridized carbons (Fsp3) is 0.235. The second kappa shape index (κ2) is 8.34. The number of nitrogens with one attached hydrogen (secondary N) is 1. The summed E-state index contributed by atoms with van der Waals surface area (Å²) in [6, 6.07) is 15.0. The van der Waals surface area contributed by atoms with E-state index in [0.717, 1.165) is 10.6 Å². The molecule has 0 radical (unpaired) electrons. The van der Waals surface area contributed by atoms with Crippen LogP contribution in [0.4, 0.5) is 0 Å². The van der Waals surface area contributed by atoms with Gasteiger partial charge in [-0.15, -0.1) is 11.8 Å². The van der Waals surface area contributed by atoms with E-state index >= 15 is 0 Å².